The van der Waals surface area contributed by atoms with Crippen LogP contribution in [0.15, 0.2) is 18.5 Å². The molecule has 0 unspecified atom stereocenters. The Morgan fingerprint density at radius 1 is 1.54 bits per heavy atom. The summed E-state index contributed by atoms with van der Waals surface area (Å²) in [4.78, 5) is 17.3. The first-order chi connectivity index (χ1) is 6.29. The highest BCUT2D eigenvalue weighted by Gasteiger charge is 2.22. The molecule has 13 heavy (non-hydrogen) atoms. The van der Waals surface area contributed by atoms with Gasteiger partial charge in [-0.1, -0.05) is 0 Å². The van der Waals surface area contributed by atoms with Crippen LogP contribution >= 0.6 is 0 Å². The van der Waals surface area contributed by atoms with Crippen molar-refractivity contribution in [1.29, 1.82) is 0 Å². The van der Waals surface area contributed by atoms with Crippen molar-refractivity contribution in [1.82, 2.24) is 9.88 Å². The van der Waals surface area contributed by atoms with Crippen LogP contribution in [-0.4, -0.2) is 28.9 Å². The lowest BCUT2D eigenvalue weighted by molar-refractivity contribution is 0.0653. The molecule has 0 atom stereocenters. The third-order valence-electron chi connectivity index (χ3n) is 2.23. The largest absolute Gasteiger partial charge is 0.397 e. The van der Waals surface area contributed by atoms with Crippen LogP contribution in [0.3, 0.4) is 0 Å². The summed E-state index contributed by atoms with van der Waals surface area (Å²) in [6.07, 6.45) is 4.19. The summed E-state index contributed by atoms with van der Waals surface area (Å²) in [7, 11) is 0. The van der Waals surface area contributed by atoms with Gasteiger partial charge < -0.3 is 10.6 Å². The van der Waals surface area contributed by atoms with Crippen LogP contribution in [0.5, 0.6) is 0 Å². The lowest BCUT2D eigenvalue weighted by atomic mass is 10.1. The van der Waals surface area contributed by atoms with Gasteiger partial charge in [0.1, 0.15) is 0 Å². The maximum absolute atomic E-state index is 11.7. The molecule has 2 rings (SSSR count). The normalized spacial score (nSPS) is 15.2. The summed E-state index contributed by atoms with van der Waals surface area (Å²) in [5.41, 5.74) is 6.65. The summed E-state index contributed by atoms with van der Waals surface area (Å²) < 4.78 is 0. The molecule has 1 saturated heterocycles. The number of carbonyl (C=O) groups is 1. The molecule has 0 bridgehead atoms. The molecule has 68 valence electrons. The number of nitrogen functional groups attached to an aromatic ring is 1. The predicted octanol–water partition coefficient (Wildman–Crippen LogP) is 0.510. The van der Waals surface area contributed by atoms with Crippen molar-refractivity contribution in [3.05, 3.63) is 24.0 Å². The Balaban J connectivity index is 2.24. The molecule has 1 aliphatic rings. The van der Waals surface area contributed by atoms with Crippen LogP contribution in [0.4, 0.5) is 5.69 Å². The van der Waals surface area contributed by atoms with E-state index in [4.69, 9.17) is 5.73 Å². The van der Waals surface area contributed by atoms with Crippen molar-refractivity contribution < 1.29 is 4.79 Å². The van der Waals surface area contributed by atoms with Crippen LogP contribution in [0, 0.1) is 0 Å². The predicted molar refractivity (Wildman–Crippen MR) is 49.2 cm³/mol. The summed E-state index contributed by atoms with van der Waals surface area (Å²) in [5, 5.41) is 0. The number of hydrogen-bond donors (Lipinski definition) is 1. The number of carbonyl (C=O) groups excluding carboxylic acids is 1. The van der Waals surface area contributed by atoms with Crippen molar-refractivity contribution >= 4 is 11.6 Å². The van der Waals surface area contributed by atoms with Gasteiger partial charge in [-0.2, -0.15) is 0 Å². The van der Waals surface area contributed by atoms with Gasteiger partial charge in [0.25, 0.3) is 5.91 Å². The molecule has 4 heteroatoms. The molecule has 1 aliphatic heterocycles. The average Bonchev–Trinajstić information content (AvgIpc) is 2.01. The molecule has 0 radical (unpaired) electrons. The quantitative estimate of drug-likeness (QED) is 0.680. The molecule has 0 saturated carbocycles. The molecule has 0 spiro atoms. The van der Waals surface area contributed by atoms with E-state index in [2.05, 4.69) is 4.98 Å². The van der Waals surface area contributed by atoms with Gasteiger partial charge in [-0.15, -0.1) is 0 Å². The monoisotopic (exact) mass is 177 g/mol. The van der Waals surface area contributed by atoms with Crippen molar-refractivity contribution in [2.45, 2.75) is 6.42 Å². The van der Waals surface area contributed by atoms with E-state index >= 15 is 0 Å². The van der Waals surface area contributed by atoms with E-state index in [1.807, 2.05) is 0 Å². The molecular formula is C9H11N3O. The van der Waals surface area contributed by atoms with E-state index in [1.165, 1.54) is 6.20 Å². The fourth-order valence-electron chi connectivity index (χ4n) is 1.29. The van der Waals surface area contributed by atoms with E-state index in [1.54, 1.807) is 17.2 Å². The summed E-state index contributed by atoms with van der Waals surface area (Å²) >= 11 is 0. The molecule has 1 amide bonds. The third kappa shape index (κ3) is 1.35. The standard InChI is InChI=1S/C9H11N3O/c10-8-6-11-3-2-7(8)9(13)12-4-1-5-12/h2-3,6H,1,4-5,10H2. The third-order valence-corrected chi connectivity index (χ3v) is 2.23. The number of rotatable bonds is 1. The van der Waals surface area contributed by atoms with E-state index in [0.29, 0.717) is 11.3 Å². The molecule has 2 heterocycles. The summed E-state index contributed by atoms with van der Waals surface area (Å²) in [6.45, 7) is 1.70. The molecule has 2 N–H and O–H groups in total. The second-order valence-corrected chi connectivity index (χ2v) is 3.11. The molecule has 0 aromatic carbocycles. The zero-order valence-electron chi connectivity index (χ0n) is 7.23. The van der Waals surface area contributed by atoms with Gasteiger partial charge in [-0.25, -0.2) is 0 Å². The molecule has 1 aromatic heterocycles. The van der Waals surface area contributed by atoms with Gasteiger partial charge in [-0.3, -0.25) is 9.78 Å². The minimum Gasteiger partial charge on any atom is -0.397 e. The van der Waals surface area contributed by atoms with Crippen LogP contribution in [0.25, 0.3) is 0 Å². The lowest BCUT2D eigenvalue weighted by Gasteiger charge is -2.31. The van der Waals surface area contributed by atoms with Gasteiger partial charge in [0.15, 0.2) is 0 Å². The van der Waals surface area contributed by atoms with Gasteiger partial charge in [0.05, 0.1) is 17.4 Å². The molecule has 0 aliphatic carbocycles. The van der Waals surface area contributed by atoms with Crippen LogP contribution in [0.2, 0.25) is 0 Å². The fraction of sp³-hybridized carbons (Fsp3) is 0.333. The van der Waals surface area contributed by atoms with Gasteiger partial charge >= 0.3 is 0 Å². The number of likely N-dealkylation sites (tertiary alicyclic amines) is 1. The van der Waals surface area contributed by atoms with Crippen molar-refractivity contribution in [2.24, 2.45) is 0 Å². The Hall–Kier alpha value is -1.58. The highest BCUT2D eigenvalue weighted by atomic mass is 16.2. The highest BCUT2D eigenvalue weighted by Crippen LogP contribution is 2.16. The first kappa shape index (κ1) is 8.04. The van der Waals surface area contributed by atoms with Gasteiger partial charge in [-0.05, 0) is 12.5 Å². The number of aromatic nitrogens is 1. The minimum absolute atomic E-state index is 0.0196. The Kier molecular flexibility index (Phi) is 1.88. The Morgan fingerprint density at radius 2 is 2.31 bits per heavy atom. The summed E-state index contributed by atoms with van der Waals surface area (Å²) in [5.74, 6) is 0.0196. The molecule has 4 nitrogen and oxygen atoms in total. The topological polar surface area (TPSA) is 59.2 Å². The fourth-order valence-corrected chi connectivity index (χ4v) is 1.29. The zero-order valence-corrected chi connectivity index (χ0v) is 7.23. The van der Waals surface area contributed by atoms with E-state index < -0.39 is 0 Å². The number of nitrogens with zero attached hydrogens (tertiary/aromatic N) is 2. The highest BCUT2D eigenvalue weighted by molar-refractivity contribution is 5.99. The number of nitrogens with two attached hydrogens (primary N) is 1. The van der Waals surface area contributed by atoms with Gasteiger partial charge in [0, 0.05) is 19.3 Å². The first-order valence-electron chi connectivity index (χ1n) is 4.28. The summed E-state index contributed by atoms with van der Waals surface area (Å²) in [6, 6.07) is 1.66. The molecule has 1 aromatic rings. The minimum atomic E-state index is 0.0196. The van der Waals surface area contributed by atoms with Crippen molar-refractivity contribution in [3.63, 3.8) is 0 Å². The van der Waals surface area contributed by atoms with Crippen LogP contribution < -0.4 is 5.73 Å². The van der Waals surface area contributed by atoms with Crippen LogP contribution in [0.1, 0.15) is 16.8 Å². The SMILES string of the molecule is Nc1cnccc1C(=O)N1CCC1. The van der Waals surface area contributed by atoms with Crippen LogP contribution in [-0.2, 0) is 0 Å². The first-order valence-corrected chi connectivity index (χ1v) is 4.28. The maximum Gasteiger partial charge on any atom is 0.256 e. The molecule has 1 fully saturated rings. The smallest absolute Gasteiger partial charge is 0.256 e. The van der Waals surface area contributed by atoms with Crippen molar-refractivity contribution in [2.75, 3.05) is 18.8 Å². The second-order valence-electron chi connectivity index (χ2n) is 3.11. The Morgan fingerprint density at radius 3 is 2.85 bits per heavy atom. The number of anilines is 1. The number of amides is 1. The number of hydrogen-bond acceptors (Lipinski definition) is 3. The zero-order chi connectivity index (χ0) is 9.26. The van der Waals surface area contributed by atoms with E-state index in [0.717, 1.165) is 19.5 Å². The Labute approximate surface area is 76.4 Å². The van der Waals surface area contributed by atoms with E-state index in [9.17, 15) is 4.79 Å². The Bertz CT molecular complexity index is 333. The van der Waals surface area contributed by atoms with E-state index in [-0.39, 0.29) is 5.91 Å². The van der Waals surface area contributed by atoms with Crippen molar-refractivity contribution in [3.8, 4) is 0 Å². The lowest BCUT2D eigenvalue weighted by Crippen LogP contribution is -2.42. The average molecular weight is 177 g/mol. The maximum atomic E-state index is 11.7. The van der Waals surface area contributed by atoms with Gasteiger partial charge in [0.2, 0.25) is 0 Å². The molecular weight excluding hydrogens is 166 g/mol. The second kappa shape index (κ2) is 3.05. The number of pyridine rings is 1.